The zero-order valence-corrected chi connectivity index (χ0v) is 19.9. The molecule has 172 valence electrons. The molecule has 0 spiro atoms. The molecule has 2 aromatic carbocycles. The molecule has 2 atom stereocenters. The second kappa shape index (κ2) is 11.0. The first-order valence-corrected chi connectivity index (χ1v) is 12.6. The maximum absolute atomic E-state index is 12.8. The Morgan fingerprint density at radius 3 is 2.28 bits per heavy atom. The zero-order valence-electron chi connectivity index (χ0n) is 19.9. The van der Waals surface area contributed by atoms with Crippen LogP contribution in [-0.4, -0.2) is 37.0 Å². The van der Waals surface area contributed by atoms with Gasteiger partial charge in [-0.25, -0.2) is 0 Å². The van der Waals surface area contributed by atoms with Gasteiger partial charge in [0.25, 0.3) is 5.91 Å². The lowest BCUT2D eigenvalue weighted by molar-refractivity contribution is 0.0940. The lowest BCUT2D eigenvalue weighted by atomic mass is 9.99. The Morgan fingerprint density at radius 2 is 1.62 bits per heavy atom. The van der Waals surface area contributed by atoms with Gasteiger partial charge >= 0.3 is 0 Å². The number of amides is 1. The van der Waals surface area contributed by atoms with Crippen molar-refractivity contribution in [2.45, 2.75) is 65.0 Å². The molecule has 1 amide bonds. The molecule has 2 heterocycles. The average Bonchev–Trinajstić information content (AvgIpc) is 3.08. The average molecular weight is 434 g/mol. The summed E-state index contributed by atoms with van der Waals surface area (Å²) < 4.78 is 0. The molecule has 2 aliphatic heterocycles. The van der Waals surface area contributed by atoms with Crippen LogP contribution in [0.2, 0.25) is 0 Å². The molecule has 0 aliphatic carbocycles. The van der Waals surface area contributed by atoms with Crippen molar-refractivity contribution in [3.05, 3.63) is 65.2 Å². The first kappa shape index (κ1) is 22.8. The highest BCUT2D eigenvalue weighted by Crippen LogP contribution is 2.25. The third-order valence-electron chi connectivity index (χ3n) is 7.08. The molecule has 4 heteroatoms. The van der Waals surface area contributed by atoms with Crippen LogP contribution >= 0.6 is 0 Å². The number of nitrogens with one attached hydrogen (secondary N) is 1. The van der Waals surface area contributed by atoms with Crippen LogP contribution in [0.4, 0.5) is 5.69 Å². The number of carbonyl (C=O) groups is 1. The van der Waals surface area contributed by atoms with Crippen molar-refractivity contribution in [3.63, 3.8) is 0 Å². The van der Waals surface area contributed by atoms with Crippen molar-refractivity contribution in [1.29, 1.82) is 0 Å². The molecule has 4 nitrogen and oxygen atoms in total. The molecule has 2 saturated heterocycles. The number of hydrogen-bond acceptors (Lipinski definition) is 3. The smallest absolute Gasteiger partial charge is 0.251 e. The molecule has 2 aliphatic rings. The summed E-state index contributed by atoms with van der Waals surface area (Å²) in [6, 6.07) is 16.9. The molecule has 4 rings (SSSR count). The van der Waals surface area contributed by atoms with Gasteiger partial charge in [-0.05, 0) is 87.0 Å². The number of rotatable bonds is 6. The minimum atomic E-state index is -0.0198. The third-order valence-corrected chi connectivity index (χ3v) is 7.08. The van der Waals surface area contributed by atoms with Crippen molar-refractivity contribution >= 4 is 11.6 Å². The lowest BCUT2D eigenvalue weighted by Gasteiger charge is -2.33. The zero-order chi connectivity index (χ0) is 22.3. The Balaban J connectivity index is 1.31. The van der Waals surface area contributed by atoms with Gasteiger partial charge in [0.1, 0.15) is 0 Å². The number of hydrogen-bond donors (Lipinski definition) is 1. The number of likely N-dealkylation sites (tertiary alicyclic amines) is 1. The maximum Gasteiger partial charge on any atom is 0.251 e. The lowest BCUT2D eigenvalue weighted by Crippen LogP contribution is -2.34. The summed E-state index contributed by atoms with van der Waals surface area (Å²) in [5.74, 6) is 0.755. The van der Waals surface area contributed by atoms with Gasteiger partial charge in [-0.1, -0.05) is 44.0 Å². The quantitative estimate of drug-likeness (QED) is 0.626. The number of anilines is 1. The molecule has 0 aromatic heterocycles. The van der Waals surface area contributed by atoms with Gasteiger partial charge in [-0.2, -0.15) is 0 Å². The fourth-order valence-electron chi connectivity index (χ4n) is 5.08. The van der Waals surface area contributed by atoms with Crippen molar-refractivity contribution in [3.8, 4) is 0 Å². The molecule has 0 saturated carbocycles. The summed E-state index contributed by atoms with van der Waals surface area (Å²) in [6.45, 7) is 10.0. The summed E-state index contributed by atoms with van der Waals surface area (Å²) in [5.41, 5.74) is 4.46. The van der Waals surface area contributed by atoms with E-state index in [1.807, 2.05) is 12.1 Å². The van der Waals surface area contributed by atoms with Gasteiger partial charge in [-0.15, -0.1) is 0 Å². The van der Waals surface area contributed by atoms with Crippen LogP contribution < -0.4 is 10.2 Å². The largest absolute Gasteiger partial charge is 0.371 e. The summed E-state index contributed by atoms with van der Waals surface area (Å²) in [4.78, 5) is 17.8. The van der Waals surface area contributed by atoms with Gasteiger partial charge in [0, 0.05) is 30.9 Å². The van der Waals surface area contributed by atoms with Gasteiger partial charge in [0.05, 0.1) is 6.04 Å². The van der Waals surface area contributed by atoms with Crippen molar-refractivity contribution < 1.29 is 4.79 Å². The molecular formula is C28H39N3O. The van der Waals surface area contributed by atoms with Crippen LogP contribution in [0.1, 0.15) is 79.9 Å². The van der Waals surface area contributed by atoms with E-state index >= 15 is 0 Å². The molecule has 0 radical (unpaired) electrons. The molecule has 0 bridgehead atoms. The standard InChI is InChI=1S/C28H39N3O/c1-22-8-7-19-31(20-22)27-15-13-25(14-16-27)23(2)29-28(32)26-11-9-24(10-12-26)21-30-17-5-3-4-6-18-30/h9-16,22-23H,3-8,17-21H2,1-2H3,(H,29,32)/t22-,23+/m0/s1. The van der Waals surface area contributed by atoms with Gasteiger partial charge in [0.2, 0.25) is 0 Å². The molecule has 2 fully saturated rings. The maximum atomic E-state index is 12.8. The molecule has 32 heavy (non-hydrogen) atoms. The monoisotopic (exact) mass is 433 g/mol. The van der Waals surface area contributed by atoms with Crippen molar-refractivity contribution in [2.24, 2.45) is 5.92 Å². The number of piperidine rings is 1. The minimum absolute atomic E-state index is 0.00671. The second-order valence-electron chi connectivity index (χ2n) is 9.87. The molecule has 1 N–H and O–H groups in total. The summed E-state index contributed by atoms with van der Waals surface area (Å²) in [7, 11) is 0. The highest BCUT2D eigenvalue weighted by molar-refractivity contribution is 5.94. The first-order chi connectivity index (χ1) is 15.6. The number of nitrogens with zero attached hydrogens (tertiary/aromatic N) is 2. The predicted octanol–water partition coefficient (Wildman–Crippen LogP) is 5.79. The molecule has 2 aromatic rings. The number of carbonyl (C=O) groups excluding carboxylic acids is 1. The fraction of sp³-hybridized carbons (Fsp3) is 0.536. The Kier molecular flexibility index (Phi) is 7.85. The first-order valence-electron chi connectivity index (χ1n) is 12.6. The van der Waals surface area contributed by atoms with E-state index in [0.29, 0.717) is 0 Å². The van der Waals surface area contributed by atoms with Crippen LogP contribution in [0.5, 0.6) is 0 Å². The van der Waals surface area contributed by atoms with Crippen LogP contribution in [0.15, 0.2) is 48.5 Å². The third kappa shape index (κ3) is 6.13. The Hall–Kier alpha value is -2.33. The van der Waals surface area contributed by atoms with Gasteiger partial charge < -0.3 is 10.2 Å². The van der Waals surface area contributed by atoms with E-state index in [1.54, 1.807) is 0 Å². The Morgan fingerprint density at radius 1 is 0.938 bits per heavy atom. The van der Waals surface area contributed by atoms with E-state index in [4.69, 9.17) is 0 Å². The minimum Gasteiger partial charge on any atom is -0.371 e. The molecular weight excluding hydrogens is 394 g/mol. The number of benzene rings is 2. The second-order valence-corrected chi connectivity index (χ2v) is 9.87. The van der Waals surface area contributed by atoms with Crippen LogP contribution in [-0.2, 0) is 6.54 Å². The highest BCUT2D eigenvalue weighted by Gasteiger charge is 2.17. The van der Waals surface area contributed by atoms with Crippen molar-refractivity contribution in [2.75, 3.05) is 31.1 Å². The fourth-order valence-corrected chi connectivity index (χ4v) is 5.08. The van der Waals surface area contributed by atoms with E-state index in [1.165, 1.54) is 62.9 Å². The van der Waals surface area contributed by atoms with E-state index in [2.05, 4.69) is 65.4 Å². The van der Waals surface area contributed by atoms with Crippen LogP contribution in [0, 0.1) is 5.92 Å². The summed E-state index contributed by atoms with van der Waals surface area (Å²) in [5, 5.41) is 3.16. The van der Waals surface area contributed by atoms with Gasteiger partial charge in [0.15, 0.2) is 0 Å². The Bertz CT molecular complexity index is 853. The van der Waals surface area contributed by atoms with E-state index in [-0.39, 0.29) is 11.9 Å². The summed E-state index contributed by atoms with van der Waals surface area (Å²) >= 11 is 0. The summed E-state index contributed by atoms with van der Waals surface area (Å²) in [6.07, 6.45) is 7.91. The predicted molar refractivity (Wildman–Crippen MR) is 133 cm³/mol. The van der Waals surface area contributed by atoms with Crippen LogP contribution in [0.3, 0.4) is 0 Å². The van der Waals surface area contributed by atoms with E-state index in [0.717, 1.165) is 36.7 Å². The van der Waals surface area contributed by atoms with E-state index in [9.17, 15) is 4.79 Å². The van der Waals surface area contributed by atoms with E-state index < -0.39 is 0 Å². The topological polar surface area (TPSA) is 35.6 Å². The molecule has 0 unspecified atom stereocenters. The highest BCUT2D eigenvalue weighted by atomic mass is 16.1. The SMILES string of the molecule is C[C@H]1CCCN(c2ccc([C@@H](C)NC(=O)c3ccc(CN4CCCCCC4)cc3)cc2)C1. The normalized spacial score (nSPS) is 21.1. The Labute approximate surface area is 194 Å². The van der Waals surface area contributed by atoms with Gasteiger partial charge in [-0.3, -0.25) is 9.69 Å². The van der Waals surface area contributed by atoms with Crippen LogP contribution in [0.25, 0.3) is 0 Å². The van der Waals surface area contributed by atoms with Crippen molar-refractivity contribution in [1.82, 2.24) is 10.2 Å².